The van der Waals surface area contributed by atoms with E-state index < -0.39 is 12.3 Å². The summed E-state index contributed by atoms with van der Waals surface area (Å²) in [5.74, 6) is 3.67. The smallest absolute Gasteiger partial charge is 0.255 e. The standard InChI is InChI=1S/C37H38ClN3O9/c1-43-28-11-7-21(27-20-30(50-41-27)23-17-33(45-3)35(47-5)34(18-23)46-4)15-32(28)49-14-6-13-48-29-12-8-22(16-31(29)44-2)36-39-26-10-9-24(38)19-25(26)37(42)40-36/h7-12,15-20,30,36,39,41H,6,13-14H2,1-5H3,(H,40,42). The highest BCUT2D eigenvalue weighted by Crippen LogP contribution is 2.42. The number of hydroxylamine groups is 1. The first-order chi connectivity index (χ1) is 24.3. The Balaban J connectivity index is 1.06. The van der Waals surface area contributed by atoms with Crippen LogP contribution in [0.4, 0.5) is 5.69 Å². The molecule has 4 aromatic rings. The van der Waals surface area contributed by atoms with Crippen LogP contribution in [0.15, 0.2) is 72.8 Å². The van der Waals surface area contributed by atoms with Crippen LogP contribution in [0, 0.1) is 0 Å². The lowest BCUT2D eigenvalue weighted by Crippen LogP contribution is -2.38. The van der Waals surface area contributed by atoms with Gasteiger partial charge in [0.1, 0.15) is 12.3 Å². The third kappa shape index (κ3) is 7.26. The van der Waals surface area contributed by atoms with E-state index in [2.05, 4.69) is 16.1 Å². The molecule has 4 aromatic carbocycles. The van der Waals surface area contributed by atoms with Gasteiger partial charge in [-0.25, -0.2) is 0 Å². The zero-order valence-corrected chi connectivity index (χ0v) is 29.0. The molecule has 2 atom stereocenters. The number of hydrogen-bond acceptors (Lipinski definition) is 11. The Labute approximate surface area is 295 Å². The van der Waals surface area contributed by atoms with Gasteiger partial charge in [-0.2, -0.15) is 0 Å². The number of halogens is 1. The van der Waals surface area contributed by atoms with E-state index in [0.29, 0.717) is 76.2 Å². The SMILES string of the molecule is COc1cc(C2NC(=O)c3cc(Cl)ccc3N2)ccc1OCCCOc1cc(C2=CC(c3cc(OC)c(OC)c(OC)c3)ON2)ccc1OC. The van der Waals surface area contributed by atoms with Crippen molar-refractivity contribution in [3.63, 3.8) is 0 Å². The number of nitrogens with one attached hydrogen (secondary N) is 3. The zero-order chi connectivity index (χ0) is 35.2. The number of carbonyl (C=O) groups is 1. The molecule has 2 heterocycles. The first-order valence-electron chi connectivity index (χ1n) is 15.8. The average molecular weight is 704 g/mol. The summed E-state index contributed by atoms with van der Waals surface area (Å²) in [4.78, 5) is 18.6. The molecule has 0 spiro atoms. The van der Waals surface area contributed by atoms with E-state index in [9.17, 15) is 4.79 Å². The number of fused-ring (bicyclic) bond motifs is 1. The van der Waals surface area contributed by atoms with E-state index in [1.54, 1.807) is 53.7 Å². The molecule has 0 saturated carbocycles. The summed E-state index contributed by atoms with van der Waals surface area (Å²) in [5, 5.41) is 6.78. The van der Waals surface area contributed by atoms with Gasteiger partial charge in [0.15, 0.2) is 34.5 Å². The molecule has 0 saturated heterocycles. The second-order valence-corrected chi connectivity index (χ2v) is 11.7. The zero-order valence-electron chi connectivity index (χ0n) is 28.3. The van der Waals surface area contributed by atoms with Gasteiger partial charge in [-0.05, 0) is 77.9 Å². The molecule has 262 valence electrons. The Morgan fingerprint density at radius 3 is 2.06 bits per heavy atom. The fourth-order valence-corrected chi connectivity index (χ4v) is 5.86. The fourth-order valence-electron chi connectivity index (χ4n) is 5.69. The number of amides is 1. The average Bonchev–Trinajstić information content (AvgIpc) is 3.65. The Bertz CT molecular complexity index is 1880. The number of methoxy groups -OCH3 is 5. The van der Waals surface area contributed by atoms with Crippen LogP contribution in [0.3, 0.4) is 0 Å². The second-order valence-electron chi connectivity index (χ2n) is 11.2. The van der Waals surface area contributed by atoms with Crippen molar-refractivity contribution in [1.29, 1.82) is 0 Å². The lowest BCUT2D eigenvalue weighted by molar-refractivity contribution is 0.0508. The first-order valence-corrected chi connectivity index (χ1v) is 16.2. The van der Waals surface area contributed by atoms with Crippen LogP contribution in [0.25, 0.3) is 5.70 Å². The molecule has 0 aromatic heterocycles. The highest BCUT2D eigenvalue weighted by Gasteiger charge is 2.26. The highest BCUT2D eigenvalue weighted by molar-refractivity contribution is 6.31. The predicted molar refractivity (Wildman–Crippen MR) is 188 cm³/mol. The van der Waals surface area contributed by atoms with Gasteiger partial charge in [0.05, 0.1) is 60.0 Å². The minimum absolute atomic E-state index is 0.211. The quantitative estimate of drug-likeness (QED) is 0.121. The summed E-state index contributed by atoms with van der Waals surface area (Å²) in [6.45, 7) is 0.750. The van der Waals surface area contributed by atoms with E-state index in [1.807, 2.05) is 54.6 Å². The van der Waals surface area contributed by atoms with Gasteiger partial charge in [-0.3, -0.25) is 15.1 Å². The van der Waals surface area contributed by atoms with Gasteiger partial charge in [0, 0.05) is 22.7 Å². The van der Waals surface area contributed by atoms with Crippen LogP contribution < -0.4 is 49.3 Å². The number of carbonyl (C=O) groups excluding carboxylic acids is 1. The Morgan fingerprint density at radius 2 is 1.36 bits per heavy atom. The molecule has 0 aliphatic carbocycles. The Morgan fingerprint density at radius 1 is 0.680 bits per heavy atom. The molecule has 0 fully saturated rings. The molecule has 12 nitrogen and oxygen atoms in total. The van der Waals surface area contributed by atoms with Crippen LogP contribution in [-0.4, -0.2) is 54.7 Å². The summed E-state index contributed by atoms with van der Waals surface area (Å²) >= 11 is 6.06. The molecule has 1 amide bonds. The van der Waals surface area contributed by atoms with E-state index in [4.69, 9.17) is 49.6 Å². The van der Waals surface area contributed by atoms with Crippen molar-refractivity contribution in [2.45, 2.75) is 18.7 Å². The van der Waals surface area contributed by atoms with Crippen molar-refractivity contribution in [1.82, 2.24) is 10.8 Å². The number of benzene rings is 4. The maximum Gasteiger partial charge on any atom is 0.255 e. The minimum Gasteiger partial charge on any atom is -0.493 e. The maximum atomic E-state index is 12.7. The van der Waals surface area contributed by atoms with Crippen LogP contribution >= 0.6 is 11.6 Å². The van der Waals surface area contributed by atoms with Gasteiger partial charge in [0.25, 0.3) is 5.91 Å². The molecule has 3 N–H and O–H groups in total. The molecular weight excluding hydrogens is 666 g/mol. The van der Waals surface area contributed by atoms with Crippen LogP contribution in [0.1, 0.15) is 45.7 Å². The number of ether oxygens (including phenoxy) is 7. The summed E-state index contributed by atoms with van der Waals surface area (Å²) in [7, 11) is 7.88. The molecule has 2 unspecified atom stereocenters. The molecule has 6 rings (SSSR count). The fraction of sp³-hybridized carbons (Fsp3) is 0.270. The van der Waals surface area contributed by atoms with Crippen molar-refractivity contribution in [2.24, 2.45) is 0 Å². The van der Waals surface area contributed by atoms with Crippen molar-refractivity contribution >= 4 is 28.9 Å². The largest absolute Gasteiger partial charge is 0.493 e. The molecular formula is C37H38ClN3O9. The number of anilines is 1. The van der Waals surface area contributed by atoms with Gasteiger partial charge >= 0.3 is 0 Å². The summed E-state index contributed by atoms with van der Waals surface area (Å²) in [6.07, 6.45) is 1.71. The molecule has 50 heavy (non-hydrogen) atoms. The molecule has 0 radical (unpaired) electrons. The van der Waals surface area contributed by atoms with E-state index >= 15 is 0 Å². The summed E-state index contributed by atoms with van der Waals surface area (Å²) in [6, 6.07) is 20.1. The summed E-state index contributed by atoms with van der Waals surface area (Å²) in [5.41, 5.74) is 7.48. The van der Waals surface area contributed by atoms with Crippen molar-refractivity contribution in [3.8, 4) is 40.2 Å². The van der Waals surface area contributed by atoms with Crippen LogP contribution in [0.5, 0.6) is 40.2 Å². The lowest BCUT2D eigenvalue weighted by atomic mass is 10.0. The minimum atomic E-state index is -0.444. The topological polar surface area (TPSA) is 127 Å². The Kier molecular flexibility index (Phi) is 10.6. The number of hydrogen-bond donors (Lipinski definition) is 3. The van der Waals surface area contributed by atoms with Crippen molar-refractivity contribution in [3.05, 3.63) is 100 Å². The van der Waals surface area contributed by atoms with Crippen molar-refractivity contribution in [2.75, 3.05) is 54.1 Å². The van der Waals surface area contributed by atoms with Gasteiger partial charge in [-0.15, -0.1) is 0 Å². The Hall–Kier alpha value is -5.46. The monoisotopic (exact) mass is 703 g/mol. The molecule has 13 heteroatoms. The molecule has 2 aliphatic rings. The van der Waals surface area contributed by atoms with Crippen molar-refractivity contribution < 1.29 is 42.8 Å². The summed E-state index contributed by atoms with van der Waals surface area (Å²) < 4.78 is 39.8. The van der Waals surface area contributed by atoms with Gasteiger partial charge in [-0.1, -0.05) is 17.7 Å². The van der Waals surface area contributed by atoms with E-state index in [-0.39, 0.29) is 5.91 Å². The highest BCUT2D eigenvalue weighted by atomic mass is 35.5. The second kappa shape index (κ2) is 15.4. The van der Waals surface area contributed by atoms with Gasteiger partial charge < -0.3 is 43.8 Å². The normalized spacial score (nSPS) is 16.2. The third-order valence-electron chi connectivity index (χ3n) is 8.23. The van der Waals surface area contributed by atoms with Crippen LogP contribution in [0.2, 0.25) is 5.02 Å². The molecule has 2 aliphatic heterocycles. The van der Waals surface area contributed by atoms with E-state index in [1.165, 1.54) is 0 Å². The number of rotatable bonds is 14. The first kappa shape index (κ1) is 34.4. The lowest BCUT2D eigenvalue weighted by Gasteiger charge is -2.28. The van der Waals surface area contributed by atoms with E-state index in [0.717, 1.165) is 22.4 Å². The maximum absolute atomic E-state index is 12.7. The molecule has 0 bridgehead atoms. The van der Waals surface area contributed by atoms with Gasteiger partial charge in [0.2, 0.25) is 5.75 Å². The predicted octanol–water partition coefficient (Wildman–Crippen LogP) is 6.70. The van der Waals surface area contributed by atoms with Crippen LogP contribution in [-0.2, 0) is 4.84 Å². The third-order valence-corrected chi connectivity index (χ3v) is 8.47.